The van der Waals surface area contributed by atoms with E-state index in [1.54, 1.807) is 12.3 Å². The van der Waals surface area contributed by atoms with E-state index in [2.05, 4.69) is 83.1 Å². The summed E-state index contributed by atoms with van der Waals surface area (Å²) in [6, 6.07) is 27.9. The third kappa shape index (κ3) is 6.37. The third-order valence-corrected chi connectivity index (χ3v) is 8.08. The Bertz CT molecular complexity index is 2120. The summed E-state index contributed by atoms with van der Waals surface area (Å²) in [4.78, 5) is 14.7. The summed E-state index contributed by atoms with van der Waals surface area (Å²) in [6.07, 6.45) is 5.54. The van der Waals surface area contributed by atoms with Gasteiger partial charge in [-0.15, -0.1) is 0 Å². The maximum atomic E-state index is 14.7. The number of likely N-dealkylation sites (N-methyl/N-ethyl adjacent to an activating group) is 1. The molecule has 7 rings (SSSR count). The van der Waals surface area contributed by atoms with Crippen LogP contribution in [0.5, 0.6) is 0 Å². The van der Waals surface area contributed by atoms with Crippen molar-refractivity contribution < 1.29 is 4.39 Å². The highest BCUT2D eigenvalue weighted by atomic mass is 19.1. The van der Waals surface area contributed by atoms with Crippen molar-refractivity contribution in [3.63, 3.8) is 0 Å². The average Bonchev–Trinajstić information content (AvgIpc) is 3.69. The monoisotopic (exact) mass is 610 g/mol. The number of halogens is 1. The summed E-state index contributed by atoms with van der Waals surface area (Å²) in [5.41, 5.74) is 10.1. The molecule has 0 saturated heterocycles. The molecule has 0 radical (unpaired) electrons. The number of rotatable bonds is 11. The Kier molecular flexibility index (Phi) is 8.24. The SMILES string of the molecule is CN(C)CCNc1cc(F)cc(-c2ccnc3[nH]c(-c4n[nH]c5ccc(-c6cncc(CNCc7ccccc7)c6)cc45)cc23)c1. The van der Waals surface area contributed by atoms with Crippen LogP contribution in [-0.4, -0.2) is 57.2 Å². The lowest BCUT2D eigenvalue weighted by Crippen LogP contribution is -2.20. The van der Waals surface area contributed by atoms with Gasteiger partial charge in [0.05, 0.1) is 11.2 Å². The van der Waals surface area contributed by atoms with E-state index >= 15 is 0 Å². The Labute approximate surface area is 266 Å². The molecule has 0 atom stereocenters. The Morgan fingerprint density at radius 1 is 0.804 bits per heavy atom. The number of anilines is 1. The molecular formula is C37H35FN8. The molecule has 46 heavy (non-hydrogen) atoms. The molecule has 3 aromatic carbocycles. The fraction of sp³-hybridized carbons (Fsp3) is 0.162. The van der Waals surface area contributed by atoms with Crippen molar-refractivity contribution in [1.82, 2.24) is 35.4 Å². The molecule has 4 N–H and O–H groups in total. The van der Waals surface area contributed by atoms with E-state index in [9.17, 15) is 4.39 Å². The fourth-order valence-corrected chi connectivity index (χ4v) is 5.77. The maximum Gasteiger partial charge on any atom is 0.138 e. The highest BCUT2D eigenvalue weighted by Crippen LogP contribution is 2.35. The second kappa shape index (κ2) is 12.9. The van der Waals surface area contributed by atoms with Gasteiger partial charge in [-0.3, -0.25) is 10.1 Å². The second-order valence-electron chi connectivity index (χ2n) is 11.8. The van der Waals surface area contributed by atoms with Crippen LogP contribution in [0.15, 0.2) is 104 Å². The lowest BCUT2D eigenvalue weighted by atomic mass is 10.0. The fourth-order valence-electron chi connectivity index (χ4n) is 5.77. The van der Waals surface area contributed by atoms with Crippen molar-refractivity contribution in [1.29, 1.82) is 0 Å². The molecule has 0 amide bonds. The smallest absolute Gasteiger partial charge is 0.138 e. The molecule has 0 bridgehead atoms. The van der Waals surface area contributed by atoms with Gasteiger partial charge in [-0.2, -0.15) is 5.10 Å². The van der Waals surface area contributed by atoms with E-state index in [4.69, 9.17) is 0 Å². The van der Waals surface area contributed by atoms with E-state index < -0.39 is 0 Å². The topological polar surface area (TPSA) is 97.5 Å². The zero-order chi connectivity index (χ0) is 31.5. The number of aromatic nitrogens is 5. The van der Waals surface area contributed by atoms with Gasteiger partial charge >= 0.3 is 0 Å². The van der Waals surface area contributed by atoms with E-state index in [1.165, 1.54) is 11.6 Å². The quantitative estimate of drug-likeness (QED) is 0.123. The first-order valence-electron chi connectivity index (χ1n) is 15.3. The Hall–Kier alpha value is -5.38. The molecule has 7 aromatic rings. The normalized spacial score (nSPS) is 11.6. The van der Waals surface area contributed by atoms with Gasteiger partial charge in [0, 0.05) is 66.8 Å². The average molecular weight is 611 g/mol. The molecule has 0 aliphatic carbocycles. The van der Waals surface area contributed by atoms with Gasteiger partial charge in [0.25, 0.3) is 0 Å². The molecule has 0 unspecified atom stereocenters. The number of aromatic amines is 2. The Morgan fingerprint density at radius 2 is 1.67 bits per heavy atom. The van der Waals surface area contributed by atoms with Crippen molar-refractivity contribution in [2.75, 3.05) is 32.5 Å². The summed E-state index contributed by atoms with van der Waals surface area (Å²) in [7, 11) is 4.03. The van der Waals surface area contributed by atoms with Crippen LogP contribution in [-0.2, 0) is 13.1 Å². The van der Waals surface area contributed by atoms with E-state index in [0.717, 1.165) is 87.4 Å². The molecule has 0 saturated carbocycles. The zero-order valence-electron chi connectivity index (χ0n) is 25.8. The van der Waals surface area contributed by atoms with Crippen LogP contribution >= 0.6 is 0 Å². The van der Waals surface area contributed by atoms with Gasteiger partial charge in [0.2, 0.25) is 0 Å². The zero-order valence-corrected chi connectivity index (χ0v) is 25.8. The minimum atomic E-state index is -0.290. The van der Waals surface area contributed by atoms with Crippen molar-refractivity contribution in [3.05, 3.63) is 120 Å². The van der Waals surface area contributed by atoms with Gasteiger partial charge in [0.15, 0.2) is 0 Å². The van der Waals surface area contributed by atoms with Crippen LogP contribution in [0.2, 0.25) is 0 Å². The molecule has 9 heteroatoms. The van der Waals surface area contributed by atoms with Crippen molar-refractivity contribution in [2.24, 2.45) is 0 Å². The minimum Gasteiger partial charge on any atom is -0.384 e. The molecule has 0 aliphatic rings. The highest BCUT2D eigenvalue weighted by Gasteiger charge is 2.16. The lowest BCUT2D eigenvalue weighted by Gasteiger charge is -2.13. The molecule has 0 fully saturated rings. The summed E-state index contributed by atoms with van der Waals surface area (Å²) in [5, 5.41) is 16.6. The van der Waals surface area contributed by atoms with Crippen LogP contribution in [0.25, 0.3) is 55.6 Å². The van der Waals surface area contributed by atoms with Gasteiger partial charge < -0.3 is 20.5 Å². The number of nitrogens with one attached hydrogen (secondary N) is 4. The highest BCUT2D eigenvalue weighted by molar-refractivity contribution is 6.00. The molecule has 0 aliphatic heterocycles. The molecule has 4 heterocycles. The summed E-state index contributed by atoms with van der Waals surface area (Å²) in [5.74, 6) is -0.290. The van der Waals surface area contributed by atoms with Crippen molar-refractivity contribution in [2.45, 2.75) is 13.1 Å². The first-order valence-corrected chi connectivity index (χ1v) is 15.3. The third-order valence-electron chi connectivity index (χ3n) is 8.08. The number of pyridine rings is 2. The van der Waals surface area contributed by atoms with Crippen LogP contribution in [0.3, 0.4) is 0 Å². The van der Waals surface area contributed by atoms with Gasteiger partial charge in [-0.25, -0.2) is 9.37 Å². The Balaban J connectivity index is 1.17. The molecule has 4 aromatic heterocycles. The first kappa shape index (κ1) is 29.3. The minimum absolute atomic E-state index is 0.290. The number of nitrogens with zero attached hydrogens (tertiary/aromatic N) is 4. The maximum absolute atomic E-state index is 14.7. The predicted octanol–water partition coefficient (Wildman–Crippen LogP) is 7.24. The predicted molar refractivity (Wildman–Crippen MR) is 184 cm³/mol. The van der Waals surface area contributed by atoms with Crippen molar-refractivity contribution in [3.8, 4) is 33.6 Å². The Morgan fingerprint density at radius 3 is 2.54 bits per heavy atom. The van der Waals surface area contributed by atoms with Crippen molar-refractivity contribution >= 4 is 27.6 Å². The van der Waals surface area contributed by atoms with E-state index in [0.29, 0.717) is 5.65 Å². The van der Waals surface area contributed by atoms with Crippen LogP contribution < -0.4 is 10.6 Å². The number of fused-ring (bicyclic) bond motifs is 2. The molecule has 0 spiro atoms. The van der Waals surface area contributed by atoms with E-state index in [1.807, 2.05) is 56.8 Å². The molecule has 8 nitrogen and oxygen atoms in total. The molecule has 230 valence electrons. The number of H-pyrrole nitrogens is 2. The van der Waals surface area contributed by atoms with Crippen LogP contribution in [0.1, 0.15) is 11.1 Å². The van der Waals surface area contributed by atoms with Gasteiger partial charge in [-0.1, -0.05) is 36.4 Å². The summed E-state index contributed by atoms with van der Waals surface area (Å²) >= 11 is 0. The van der Waals surface area contributed by atoms with Gasteiger partial charge in [-0.05, 0) is 90.4 Å². The number of benzene rings is 3. The standard InChI is InChI=1S/C37H35FN8/c1-46(2)13-12-41-30-16-27(15-29(38)18-30)31-10-11-42-37-32(31)19-35(43-37)36-33-17-26(8-9-34(33)44-45-36)28-14-25(22-40-23-28)21-39-20-24-6-4-3-5-7-24/h3-11,14-19,22-23,39,41H,12-13,20-21H2,1-2H3,(H,42,43)(H,44,45). The largest absolute Gasteiger partial charge is 0.384 e. The molecular weight excluding hydrogens is 575 g/mol. The first-order chi connectivity index (χ1) is 22.5. The van der Waals surface area contributed by atoms with Crippen LogP contribution in [0, 0.1) is 5.82 Å². The van der Waals surface area contributed by atoms with E-state index in [-0.39, 0.29) is 5.82 Å². The number of hydrogen-bond donors (Lipinski definition) is 4. The van der Waals surface area contributed by atoms with Crippen LogP contribution in [0.4, 0.5) is 10.1 Å². The number of hydrogen-bond acceptors (Lipinski definition) is 6. The lowest BCUT2D eigenvalue weighted by molar-refractivity contribution is 0.425. The second-order valence-corrected chi connectivity index (χ2v) is 11.8. The van der Waals surface area contributed by atoms with Gasteiger partial charge in [0.1, 0.15) is 17.2 Å². The summed E-state index contributed by atoms with van der Waals surface area (Å²) < 4.78 is 14.7. The summed E-state index contributed by atoms with van der Waals surface area (Å²) in [6.45, 7) is 3.08.